The fourth-order valence-electron chi connectivity index (χ4n) is 7.27. The van der Waals surface area contributed by atoms with Crippen molar-refractivity contribution in [1.29, 1.82) is 0 Å². The van der Waals surface area contributed by atoms with Crippen molar-refractivity contribution in [2.75, 3.05) is 0 Å². The zero-order chi connectivity index (χ0) is 34.1. The number of nitrogens with zero attached hydrogens (tertiary/aromatic N) is 4. The van der Waals surface area contributed by atoms with Crippen molar-refractivity contribution in [3.63, 3.8) is 0 Å². The Morgan fingerprint density at radius 1 is 0.688 bits per heavy atom. The maximum Gasteiger partial charge on any atom is 0.411 e. The highest BCUT2D eigenvalue weighted by Gasteiger charge is 2.40. The number of benzene rings is 3. The molecule has 0 spiro atoms. The number of carbonyl (C=O) groups excluding carboxylic acids is 2. The Labute approximate surface area is 281 Å². The van der Waals surface area contributed by atoms with Gasteiger partial charge in [0.25, 0.3) is 0 Å². The first-order valence-corrected chi connectivity index (χ1v) is 17.1. The molecule has 2 N–H and O–H groups in total. The largest absolute Gasteiger partial charge is 0.444 e. The second-order valence-electron chi connectivity index (χ2n) is 15.5. The molecule has 2 amide bonds. The van der Waals surface area contributed by atoms with Crippen molar-refractivity contribution in [3.05, 3.63) is 60.2 Å². The summed E-state index contributed by atoms with van der Waals surface area (Å²) in [5, 5.41) is 2.14. The third-order valence-corrected chi connectivity index (χ3v) is 9.50. The molecule has 2 saturated heterocycles. The van der Waals surface area contributed by atoms with E-state index in [1.54, 1.807) is 0 Å². The van der Waals surface area contributed by atoms with E-state index in [1.165, 1.54) is 0 Å². The van der Waals surface area contributed by atoms with E-state index in [0.29, 0.717) is 0 Å². The Balaban J connectivity index is 1.16. The summed E-state index contributed by atoms with van der Waals surface area (Å²) >= 11 is 0. The molecule has 0 unspecified atom stereocenters. The zero-order valence-electron chi connectivity index (χ0n) is 29.2. The lowest BCUT2D eigenvalue weighted by Gasteiger charge is -2.30. The van der Waals surface area contributed by atoms with Gasteiger partial charge in [-0.3, -0.25) is 9.80 Å². The monoisotopic (exact) mass is 650 g/mol. The summed E-state index contributed by atoms with van der Waals surface area (Å²) in [6.07, 6.45) is 2.86. The Hall–Kier alpha value is -4.60. The molecular formula is C38H46N6O4. The summed E-state index contributed by atoms with van der Waals surface area (Å²) < 4.78 is 11.5. The van der Waals surface area contributed by atoms with Gasteiger partial charge < -0.3 is 19.4 Å². The number of hydrogen-bond donors (Lipinski definition) is 2. The van der Waals surface area contributed by atoms with Gasteiger partial charge in [-0.05, 0) is 122 Å². The quantitative estimate of drug-likeness (QED) is 0.201. The van der Waals surface area contributed by atoms with E-state index < -0.39 is 11.2 Å². The standard InChI is InChI=1S/C38H46N6O4/c1-21-9-17-30(43(21)35(45)47-37(3,4)5)33-39-27-15-12-24(20-29(27)41-33)23-11-14-26-25(19-23)13-16-28-32(26)42-34(40-28)31-18-10-22(2)44(31)36(46)48-38(6,7)8/h11-16,19-22,30-31H,9-10,17-18H2,1-8H3,(H,39,41)(H,40,42)/t21-,22-,30-,31-/m0/s1. The molecule has 3 aromatic carbocycles. The summed E-state index contributed by atoms with van der Waals surface area (Å²) in [6.45, 7) is 15.5. The zero-order valence-corrected chi connectivity index (χ0v) is 29.2. The number of hydrogen-bond acceptors (Lipinski definition) is 6. The smallest absolute Gasteiger partial charge is 0.411 e. The molecule has 2 aromatic heterocycles. The van der Waals surface area contributed by atoms with Crippen LogP contribution in [0.2, 0.25) is 0 Å². The third kappa shape index (κ3) is 5.97. The topological polar surface area (TPSA) is 116 Å². The number of aromatic nitrogens is 4. The van der Waals surface area contributed by atoms with Gasteiger partial charge in [-0.25, -0.2) is 19.6 Å². The molecule has 0 saturated carbocycles. The first-order valence-electron chi connectivity index (χ1n) is 17.1. The molecule has 5 aromatic rings. The van der Waals surface area contributed by atoms with Crippen LogP contribution in [-0.2, 0) is 9.47 Å². The van der Waals surface area contributed by atoms with E-state index in [9.17, 15) is 9.59 Å². The van der Waals surface area contributed by atoms with Gasteiger partial charge in [0.05, 0.1) is 34.2 Å². The number of H-pyrrole nitrogens is 2. The molecule has 2 fully saturated rings. The van der Waals surface area contributed by atoms with E-state index >= 15 is 0 Å². The SMILES string of the molecule is C[C@H]1CC[C@@H](c2nc3ccc(-c4ccc5c(ccc6[nH]c([C@@H]7CC[C@H](C)N7C(=O)OC(C)(C)C)nc65)c4)cc3[nH]2)N1C(=O)OC(C)(C)C. The molecule has 4 atom stereocenters. The summed E-state index contributed by atoms with van der Waals surface area (Å²) in [7, 11) is 0. The molecule has 0 aliphatic carbocycles. The van der Waals surface area contributed by atoms with E-state index in [4.69, 9.17) is 19.4 Å². The Morgan fingerprint density at radius 3 is 1.83 bits per heavy atom. The number of nitrogens with one attached hydrogen (secondary N) is 2. The predicted octanol–water partition coefficient (Wildman–Crippen LogP) is 9.18. The number of likely N-dealkylation sites (tertiary alicyclic amines) is 2. The molecule has 10 nitrogen and oxygen atoms in total. The predicted molar refractivity (Wildman–Crippen MR) is 188 cm³/mol. The van der Waals surface area contributed by atoms with Crippen LogP contribution in [0.1, 0.15) is 105 Å². The lowest BCUT2D eigenvalue weighted by molar-refractivity contribution is 0.0141. The van der Waals surface area contributed by atoms with Crippen molar-refractivity contribution < 1.29 is 19.1 Å². The van der Waals surface area contributed by atoms with E-state index in [0.717, 1.165) is 81.3 Å². The van der Waals surface area contributed by atoms with Crippen molar-refractivity contribution >= 4 is 45.0 Å². The lowest BCUT2D eigenvalue weighted by Crippen LogP contribution is -2.40. The molecule has 0 radical (unpaired) electrons. The molecule has 2 aliphatic rings. The number of amides is 2. The minimum atomic E-state index is -0.562. The summed E-state index contributed by atoms with van der Waals surface area (Å²) in [5.74, 6) is 1.58. The van der Waals surface area contributed by atoms with Gasteiger partial charge in [0.15, 0.2) is 0 Å². The Bertz CT molecular complexity index is 2030. The van der Waals surface area contributed by atoms with E-state index in [1.807, 2.05) is 57.4 Å². The number of ether oxygens (including phenoxy) is 2. The number of aromatic amines is 2. The highest BCUT2D eigenvalue weighted by atomic mass is 16.6. The average molecular weight is 651 g/mol. The summed E-state index contributed by atoms with van der Waals surface area (Å²) in [4.78, 5) is 46.9. The fraction of sp³-hybridized carbons (Fsp3) is 0.474. The number of imidazole rings is 2. The van der Waals surface area contributed by atoms with Crippen molar-refractivity contribution in [3.8, 4) is 11.1 Å². The van der Waals surface area contributed by atoms with E-state index in [2.05, 4.69) is 66.3 Å². The van der Waals surface area contributed by atoms with Gasteiger partial charge >= 0.3 is 12.2 Å². The number of rotatable bonds is 3. The molecule has 10 heteroatoms. The Kier molecular flexibility index (Phi) is 7.68. The van der Waals surface area contributed by atoms with Gasteiger partial charge in [0.2, 0.25) is 0 Å². The first kappa shape index (κ1) is 32.0. The van der Waals surface area contributed by atoms with Gasteiger partial charge in [-0.15, -0.1) is 0 Å². The van der Waals surface area contributed by atoms with Gasteiger partial charge in [0.1, 0.15) is 22.9 Å². The molecule has 0 bridgehead atoms. The number of carbonyl (C=O) groups is 2. The van der Waals surface area contributed by atoms with Crippen molar-refractivity contribution in [2.24, 2.45) is 0 Å². The maximum absolute atomic E-state index is 13.1. The highest BCUT2D eigenvalue weighted by molar-refractivity contribution is 6.05. The van der Waals surface area contributed by atoms with Crippen molar-refractivity contribution in [2.45, 2.75) is 116 Å². The van der Waals surface area contributed by atoms with Crippen LogP contribution in [0, 0.1) is 0 Å². The molecule has 252 valence electrons. The summed E-state index contributed by atoms with van der Waals surface area (Å²) in [6, 6.07) is 16.7. The van der Waals surface area contributed by atoms with Gasteiger partial charge in [-0.1, -0.05) is 24.3 Å². The third-order valence-electron chi connectivity index (χ3n) is 9.50. The highest BCUT2D eigenvalue weighted by Crippen LogP contribution is 2.39. The van der Waals surface area contributed by atoms with Gasteiger partial charge in [0, 0.05) is 17.5 Å². The van der Waals surface area contributed by atoms with Crippen LogP contribution in [-0.4, -0.2) is 65.2 Å². The van der Waals surface area contributed by atoms with Crippen molar-refractivity contribution in [1.82, 2.24) is 29.7 Å². The normalized spacial score (nSPS) is 21.9. The van der Waals surface area contributed by atoms with Crippen LogP contribution in [0.25, 0.3) is 44.0 Å². The maximum atomic E-state index is 13.1. The molecular weight excluding hydrogens is 604 g/mol. The Morgan fingerprint density at radius 2 is 1.23 bits per heavy atom. The van der Waals surface area contributed by atoms with Crippen LogP contribution in [0.15, 0.2) is 48.5 Å². The molecule has 4 heterocycles. The van der Waals surface area contributed by atoms with Crippen LogP contribution in [0.3, 0.4) is 0 Å². The van der Waals surface area contributed by atoms with Crippen LogP contribution >= 0.6 is 0 Å². The van der Waals surface area contributed by atoms with Gasteiger partial charge in [-0.2, -0.15) is 0 Å². The second-order valence-corrected chi connectivity index (χ2v) is 15.5. The fourth-order valence-corrected chi connectivity index (χ4v) is 7.27. The number of fused-ring (bicyclic) bond motifs is 4. The van der Waals surface area contributed by atoms with E-state index in [-0.39, 0.29) is 36.4 Å². The van der Waals surface area contributed by atoms with Crippen LogP contribution in [0.5, 0.6) is 0 Å². The average Bonchev–Trinajstić information content (AvgIpc) is 3.78. The molecule has 2 aliphatic heterocycles. The van der Waals surface area contributed by atoms with Crippen LogP contribution in [0.4, 0.5) is 9.59 Å². The first-order chi connectivity index (χ1) is 22.6. The minimum absolute atomic E-state index is 0.0753. The second kappa shape index (κ2) is 11.5. The summed E-state index contributed by atoms with van der Waals surface area (Å²) in [5.41, 5.74) is 4.67. The molecule has 7 rings (SSSR count). The van der Waals surface area contributed by atoms with Crippen LogP contribution < -0.4 is 0 Å². The lowest BCUT2D eigenvalue weighted by atomic mass is 10.0. The molecule has 48 heavy (non-hydrogen) atoms. The minimum Gasteiger partial charge on any atom is -0.444 e.